The molecule has 3 rings (SSSR count). The van der Waals surface area contributed by atoms with Crippen LogP contribution in [0.2, 0.25) is 0 Å². The van der Waals surface area contributed by atoms with Crippen molar-refractivity contribution in [1.82, 2.24) is 4.98 Å². The van der Waals surface area contributed by atoms with Crippen molar-refractivity contribution in [2.75, 3.05) is 10.3 Å². The largest absolute Gasteiger partial charge is 0.308 e. The molecule has 0 bridgehead atoms. The summed E-state index contributed by atoms with van der Waals surface area (Å²) < 4.78 is 0. The molecule has 1 aliphatic heterocycles. The Balaban J connectivity index is 2.05. The summed E-state index contributed by atoms with van der Waals surface area (Å²) in [5.41, 5.74) is 5.17. The van der Waals surface area contributed by atoms with E-state index in [9.17, 15) is 4.79 Å². The van der Waals surface area contributed by atoms with Crippen LogP contribution in [0.25, 0.3) is 0 Å². The number of benzene rings is 1. The lowest BCUT2D eigenvalue weighted by atomic mass is 9.96. The summed E-state index contributed by atoms with van der Waals surface area (Å²) in [5, 5.41) is 0. The molecular formula is C16H18N4O. The first-order valence-corrected chi connectivity index (χ1v) is 7.05. The Hall–Kier alpha value is -2.40. The number of aryl methyl sites for hydroxylation is 1. The number of hydrazine groups is 1. The number of nitrogens with one attached hydrogen (secondary N) is 1. The average molecular weight is 282 g/mol. The van der Waals surface area contributed by atoms with E-state index in [1.54, 1.807) is 18.3 Å². The van der Waals surface area contributed by atoms with Gasteiger partial charge in [0.2, 0.25) is 0 Å². The maximum absolute atomic E-state index is 12.9. The molecule has 0 saturated carbocycles. The van der Waals surface area contributed by atoms with Gasteiger partial charge in [-0.25, -0.2) is 10.8 Å². The molecule has 5 nitrogen and oxygen atoms in total. The number of carbonyl (C=O) groups is 1. The predicted molar refractivity (Wildman–Crippen MR) is 83.1 cm³/mol. The van der Waals surface area contributed by atoms with E-state index >= 15 is 0 Å². The van der Waals surface area contributed by atoms with E-state index < -0.39 is 0 Å². The van der Waals surface area contributed by atoms with Crippen LogP contribution in [-0.4, -0.2) is 16.9 Å². The van der Waals surface area contributed by atoms with Crippen molar-refractivity contribution in [2.45, 2.75) is 25.8 Å². The maximum Gasteiger partial charge on any atom is 0.262 e. The summed E-state index contributed by atoms with van der Waals surface area (Å²) in [5.74, 6) is 5.79. The van der Waals surface area contributed by atoms with Crippen molar-refractivity contribution < 1.29 is 4.79 Å². The lowest BCUT2D eigenvalue weighted by Gasteiger charge is -2.35. The van der Waals surface area contributed by atoms with Crippen molar-refractivity contribution in [3.05, 3.63) is 53.7 Å². The third-order valence-corrected chi connectivity index (χ3v) is 3.92. The molecule has 1 amide bonds. The van der Waals surface area contributed by atoms with Gasteiger partial charge in [-0.15, -0.1) is 0 Å². The quantitative estimate of drug-likeness (QED) is 0.655. The van der Waals surface area contributed by atoms with Gasteiger partial charge in [-0.05, 0) is 43.5 Å². The van der Waals surface area contributed by atoms with Gasteiger partial charge in [0.05, 0.1) is 5.56 Å². The van der Waals surface area contributed by atoms with Crippen LogP contribution in [0.15, 0.2) is 42.6 Å². The van der Waals surface area contributed by atoms with E-state index in [1.807, 2.05) is 23.1 Å². The Bertz CT molecular complexity index is 671. The Labute approximate surface area is 123 Å². The first-order valence-electron chi connectivity index (χ1n) is 7.05. The second-order valence-electron chi connectivity index (χ2n) is 5.24. The summed E-state index contributed by atoms with van der Waals surface area (Å²) in [6, 6.07) is 11.7. The van der Waals surface area contributed by atoms with Crippen LogP contribution in [0.5, 0.6) is 0 Å². The number of nitrogen functional groups attached to an aromatic ring is 1. The van der Waals surface area contributed by atoms with E-state index in [2.05, 4.69) is 23.4 Å². The van der Waals surface area contributed by atoms with Gasteiger partial charge in [0, 0.05) is 17.9 Å². The van der Waals surface area contributed by atoms with E-state index in [0.717, 1.165) is 18.5 Å². The number of anilines is 2. The number of nitrogens with zero attached hydrogens (tertiary/aromatic N) is 2. The molecule has 1 aliphatic rings. The van der Waals surface area contributed by atoms with Gasteiger partial charge >= 0.3 is 0 Å². The van der Waals surface area contributed by atoms with Gasteiger partial charge in [-0.1, -0.05) is 18.2 Å². The first kappa shape index (κ1) is 13.6. The van der Waals surface area contributed by atoms with Crippen molar-refractivity contribution in [3.8, 4) is 0 Å². The van der Waals surface area contributed by atoms with Gasteiger partial charge in [-0.2, -0.15) is 0 Å². The van der Waals surface area contributed by atoms with Crippen molar-refractivity contribution in [2.24, 2.45) is 5.84 Å². The average Bonchev–Trinajstić information content (AvgIpc) is 2.54. The van der Waals surface area contributed by atoms with Crippen molar-refractivity contribution >= 4 is 17.4 Å². The molecule has 0 spiro atoms. The Morgan fingerprint density at radius 1 is 1.33 bits per heavy atom. The van der Waals surface area contributed by atoms with E-state index in [1.165, 1.54) is 5.56 Å². The minimum Gasteiger partial charge on any atom is -0.308 e. The number of hydrogen-bond donors (Lipinski definition) is 2. The lowest BCUT2D eigenvalue weighted by molar-refractivity contribution is 0.0975. The highest BCUT2D eigenvalue weighted by atomic mass is 16.2. The molecule has 0 aliphatic carbocycles. The molecule has 2 aromatic rings. The zero-order valence-corrected chi connectivity index (χ0v) is 11.9. The topological polar surface area (TPSA) is 71.2 Å². The maximum atomic E-state index is 12.9. The Morgan fingerprint density at radius 3 is 2.95 bits per heavy atom. The van der Waals surface area contributed by atoms with Crippen LogP contribution >= 0.6 is 0 Å². The standard InChI is InChI=1S/C16H18N4O/c1-11-8-9-12-5-2-3-7-14(12)20(11)16(21)13-6-4-10-18-15(13)19-17/h2-7,10-11H,8-9,17H2,1H3,(H,18,19). The van der Waals surface area contributed by atoms with Crippen LogP contribution in [0, 0.1) is 0 Å². The number of aromatic nitrogens is 1. The second kappa shape index (κ2) is 5.54. The molecule has 0 saturated heterocycles. The molecule has 2 heterocycles. The molecule has 0 fully saturated rings. The Morgan fingerprint density at radius 2 is 2.14 bits per heavy atom. The van der Waals surface area contributed by atoms with Crippen molar-refractivity contribution in [3.63, 3.8) is 0 Å². The molecule has 3 N–H and O–H groups in total. The highest BCUT2D eigenvalue weighted by Gasteiger charge is 2.30. The molecule has 0 radical (unpaired) electrons. The van der Waals surface area contributed by atoms with Crippen LogP contribution in [0.4, 0.5) is 11.5 Å². The number of pyridine rings is 1. The number of amides is 1. The fourth-order valence-corrected chi connectivity index (χ4v) is 2.82. The van der Waals surface area contributed by atoms with Crippen LogP contribution in [-0.2, 0) is 6.42 Å². The minimum absolute atomic E-state index is 0.0734. The first-order chi connectivity index (χ1) is 10.2. The third kappa shape index (κ3) is 2.36. The number of rotatable bonds is 2. The summed E-state index contributed by atoms with van der Waals surface area (Å²) in [7, 11) is 0. The fraction of sp³-hybridized carbons (Fsp3) is 0.250. The second-order valence-corrected chi connectivity index (χ2v) is 5.24. The molecule has 1 aromatic carbocycles. The number of carbonyl (C=O) groups excluding carboxylic acids is 1. The van der Waals surface area contributed by atoms with E-state index in [-0.39, 0.29) is 11.9 Å². The molecule has 1 atom stereocenters. The van der Waals surface area contributed by atoms with Crippen molar-refractivity contribution in [1.29, 1.82) is 0 Å². The number of para-hydroxylation sites is 1. The van der Waals surface area contributed by atoms with Crippen LogP contribution in [0.1, 0.15) is 29.3 Å². The predicted octanol–water partition coefficient (Wildman–Crippen LogP) is 2.35. The van der Waals surface area contributed by atoms with Gasteiger partial charge in [0.15, 0.2) is 5.82 Å². The Kier molecular flexibility index (Phi) is 3.58. The number of hydrogen-bond acceptors (Lipinski definition) is 4. The minimum atomic E-state index is -0.0734. The molecule has 108 valence electrons. The van der Waals surface area contributed by atoms with E-state index in [4.69, 9.17) is 5.84 Å². The van der Waals surface area contributed by atoms with Gasteiger partial charge in [0.1, 0.15) is 0 Å². The summed E-state index contributed by atoms with van der Waals surface area (Å²) in [6.45, 7) is 2.07. The number of fused-ring (bicyclic) bond motifs is 1. The van der Waals surface area contributed by atoms with Crippen LogP contribution < -0.4 is 16.2 Å². The SMILES string of the molecule is CC1CCc2ccccc2N1C(=O)c1cccnc1NN. The summed E-state index contributed by atoms with van der Waals surface area (Å²) in [4.78, 5) is 18.9. The molecule has 21 heavy (non-hydrogen) atoms. The zero-order chi connectivity index (χ0) is 14.8. The summed E-state index contributed by atoms with van der Waals surface area (Å²) >= 11 is 0. The summed E-state index contributed by atoms with van der Waals surface area (Å²) in [6.07, 6.45) is 3.56. The zero-order valence-electron chi connectivity index (χ0n) is 11.9. The highest BCUT2D eigenvalue weighted by Crippen LogP contribution is 2.32. The van der Waals surface area contributed by atoms with E-state index in [0.29, 0.717) is 11.4 Å². The van der Waals surface area contributed by atoms with Crippen LogP contribution in [0.3, 0.4) is 0 Å². The molecule has 5 heteroatoms. The normalized spacial score (nSPS) is 17.2. The monoisotopic (exact) mass is 282 g/mol. The lowest BCUT2D eigenvalue weighted by Crippen LogP contribution is -2.42. The van der Waals surface area contributed by atoms with Gasteiger partial charge < -0.3 is 10.3 Å². The third-order valence-electron chi connectivity index (χ3n) is 3.92. The molecule has 1 aromatic heterocycles. The van der Waals surface area contributed by atoms with Gasteiger partial charge in [-0.3, -0.25) is 4.79 Å². The smallest absolute Gasteiger partial charge is 0.262 e. The fourth-order valence-electron chi connectivity index (χ4n) is 2.82. The molecule has 1 unspecified atom stereocenters. The van der Waals surface area contributed by atoms with Gasteiger partial charge in [0.25, 0.3) is 5.91 Å². The highest BCUT2D eigenvalue weighted by molar-refractivity contribution is 6.09. The molecular weight excluding hydrogens is 264 g/mol. The number of nitrogens with two attached hydrogens (primary N) is 1.